The van der Waals surface area contributed by atoms with Crippen LogP contribution in [-0.2, 0) is 24.3 Å². The van der Waals surface area contributed by atoms with Crippen LogP contribution in [-0.4, -0.2) is 40.7 Å². The first-order chi connectivity index (χ1) is 9.53. The number of hydrogen-bond donors (Lipinski definition) is 1. The Hall–Kier alpha value is -1.56. The Morgan fingerprint density at radius 1 is 1.29 bits per heavy atom. The SMILES string of the molecule is CC(COS(C)(=O)=O)NS(=O)(=O)c1ccccc1[N+](=O)[O-]. The van der Waals surface area contributed by atoms with Gasteiger partial charge >= 0.3 is 0 Å². The molecule has 1 aromatic carbocycles. The van der Waals surface area contributed by atoms with Crippen LogP contribution >= 0.6 is 0 Å². The zero-order valence-corrected chi connectivity index (χ0v) is 12.8. The fourth-order valence-corrected chi connectivity index (χ4v) is 3.27. The molecule has 0 aliphatic heterocycles. The van der Waals surface area contributed by atoms with Crippen LogP contribution in [0.15, 0.2) is 29.2 Å². The van der Waals surface area contributed by atoms with Gasteiger partial charge in [0, 0.05) is 12.1 Å². The third-order valence-electron chi connectivity index (χ3n) is 2.24. The van der Waals surface area contributed by atoms with Gasteiger partial charge in [-0.25, -0.2) is 13.1 Å². The molecule has 0 aliphatic carbocycles. The zero-order chi connectivity index (χ0) is 16.3. The summed E-state index contributed by atoms with van der Waals surface area (Å²) in [6.07, 6.45) is 0.830. The molecule has 0 aliphatic rings. The Labute approximate surface area is 122 Å². The summed E-state index contributed by atoms with van der Waals surface area (Å²) >= 11 is 0. The second-order valence-corrected chi connectivity index (χ2v) is 7.56. The highest BCUT2D eigenvalue weighted by Crippen LogP contribution is 2.22. The predicted molar refractivity (Wildman–Crippen MR) is 73.7 cm³/mol. The smallest absolute Gasteiger partial charge is 0.269 e. The molecule has 1 atom stereocenters. The van der Waals surface area contributed by atoms with E-state index >= 15 is 0 Å². The molecular formula is C10H14N2O7S2. The highest BCUT2D eigenvalue weighted by atomic mass is 32.2. The topological polar surface area (TPSA) is 133 Å². The van der Waals surface area contributed by atoms with Gasteiger partial charge in [-0.3, -0.25) is 14.3 Å². The number of benzene rings is 1. The van der Waals surface area contributed by atoms with E-state index in [0.29, 0.717) is 0 Å². The monoisotopic (exact) mass is 338 g/mol. The van der Waals surface area contributed by atoms with Crippen molar-refractivity contribution < 1.29 is 25.9 Å². The lowest BCUT2D eigenvalue weighted by Crippen LogP contribution is -2.36. The van der Waals surface area contributed by atoms with Crippen molar-refractivity contribution in [2.24, 2.45) is 0 Å². The minimum atomic E-state index is -4.17. The molecule has 0 radical (unpaired) electrons. The number of sulfonamides is 1. The molecule has 118 valence electrons. The van der Waals surface area contributed by atoms with E-state index in [4.69, 9.17) is 0 Å². The summed E-state index contributed by atoms with van der Waals surface area (Å²) < 4.78 is 52.4. The van der Waals surface area contributed by atoms with Gasteiger partial charge in [0.2, 0.25) is 10.0 Å². The summed E-state index contributed by atoms with van der Waals surface area (Å²) in [5, 5.41) is 10.8. The van der Waals surface area contributed by atoms with E-state index in [-0.39, 0.29) is 0 Å². The van der Waals surface area contributed by atoms with Crippen LogP contribution in [0.5, 0.6) is 0 Å². The highest BCUT2D eigenvalue weighted by molar-refractivity contribution is 7.89. The third kappa shape index (κ3) is 5.38. The number of hydrogen-bond acceptors (Lipinski definition) is 7. The van der Waals surface area contributed by atoms with Crippen molar-refractivity contribution in [3.05, 3.63) is 34.4 Å². The minimum absolute atomic E-state index is 0.418. The van der Waals surface area contributed by atoms with Crippen molar-refractivity contribution in [2.75, 3.05) is 12.9 Å². The minimum Gasteiger partial charge on any atom is -0.269 e. The molecule has 0 heterocycles. The highest BCUT2D eigenvalue weighted by Gasteiger charge is 2.26. The van der Waals surface area contributed by atoms with E-state index in [1.807, 2.05) is 0 Å². The normalized spacial score (nSPS) is 13.8. The molecular weight excluding hydrogens is 324 g/mol. The zero-order valence-electron chi connectivity index (χ0n) is 11.2. The van der Waals surface area contributed by atoms with Crippen LogP contribution in [0.25, 0.3) is 0 Å². The maximum absolute atomic E-state index is 12.1. The van der Waals surface area contributed by atoms with Crippen molar-refractivity contribution in [2.45, 2.75) is 17.9 Å². The summed E-state index contributed by atoms with van der Waals surface area (Å²) in [6.45, 7) is 0.955. The predicted octanol–water partition coefficient (Wildman–Crippen LogP) is 0.238. The summed E-state index contributed by atoms with van der Waals surface area (Å²) in [6, 6.07) is 3.95. The first-order valence-corrected chi connectivity index (χ1v) is 8.93. The van der Waals surface area contributed by atoms with Crippen LogP contribution in [0.4, 0.5) is 5.69 Å². The van der Waals surface area contributed by atoms with Gasteiger partial charge in [0.15, 0.2) is 4.90 Å². The molecule has 0 spiro atoms. The molecule has 1 unspecified atom stereocenters. The third-order valence-corrected chi connectivity index (χ3v) is 4.44. The van der Waals surface area contributed by atoms with Gasteiger partial charge in [-0.05, 0) is 13.0 Å². The lowest BCUT2D eigenvalue weighted by Gasteiger charge is -2.13. The first kappa shape index (κ1) is 17.5. The maximum atomic E-state index is 12.1. The van der Waals surface area contributed by atoms with E-state index in [2.05, 4.69) is 8.91 Å². The largest absolute Gasteiger partial charge is 0.289 e. The van der Waals surface area contributed by atoms with Crippen molar-refractivity contribution in [1.29, 1.82) is 0 Å². The van der Waals surface area contributed by atoms with Gasteiger partial charge in [-0.15, -0.1) is 0 Å². The van der Waals surface area contributed by atoms with E-state index in [1.165, 1.54) is 19.1 Å². The number of nitrogens with one attached hydrogen (secondary N) is 1. The summed E-state index contributed by atoms with van der Waals surface area (Å²) in [5.74, 6) is 0. The quantitative estimate of drug-likeness (QED) is 0.427. The van der Waals surface area contributed by atoms with Crippen LogP contribution < -0.4 is 4.72 Å². The molecule has 0 fully saturated rings. The number of para-hydroxylation sites is 1. The molecule has 11 heteroatoms. The number of nitrogens with zero attached hydrogens (tertiary/aromatic N) is 1. The van der Waals surface area contributed by atoms with Crippen molar-refractivity contribution in [3.8, 4) is 0 Å². The molecule has 9 nitrogen and oxygen atoms in total. The van der Waals surface area contributed by atoms with Gasteiger partial charge in [0.05, 0.1) is 17.8 Å². The second kappa shape index (κ2) is 6.47. The van der Waals surface area contributed by atoms with E-state index in [1.54, 1.807) is 0 Å². The Morgan fingerprint density at radius 2 is 1.86 bits per heavy atom. The van der Waals surface area contributed by atoms with Crippen molar-refractivity contribution >= 4 is 25.8 Å². The molecule has 0 amide bonds. The van der Waals surface area contributed by atoms with E-state index in [9.17, 15) is 26.9 Å². The number of rotatable bonds is 7. The average molecular weight is 338 g/mol. The van der Waals surface area contributed by atoms with Gasteiger partial charge < -0.3 is 0 Å². The van der Waals surface area contributed by atoms with Crippen molar-refractivity contribution in [3.63, 3.8) is 0 Å². The standard InChI is InChI=1S/C10H14N2O7S2/c1-8(7-19-20(2,15)16)11-21(17,18)10-6-4-3-5-9(10)12(13)14/h3-6,8,11H,7H2,1-2H3. The molecule has 0 aromatic heterocycles. The van der Waals surface area contributed by atoms with E-state index in [0.717, 1.165) is 18.4 Å². The van der Waals surface area contributed by atoms with Gasteiger partial charge in [0.25, 0.3) is 15.8 Å². The van der Waals surface area contributed by atoms with Gasteiger partial charge in [-0.2, -0.15) is 8.42 Å². The fourth-order valence-electron chi connectivity index (χ4n) is 1.42. The Balaban J connectivity index is 2.95. The summed E-state index contributed by atoms with van der Waals surface area (Å²) in [7, 11) is -7.87. The molecule has 0 saturated carbocycles. The van der Waals surface area contributed by atoms with Gasteiger partial charge in [-0.1, -0.05) is 12.1 Å². The lowest BCUT2D eigenvalue weighted by molar-refractivity contribution is -0.387. The summed E-state index contributed by atoms with van der Waals surface area (Å²) in [5.41, 5.74) is -0.568. The van der Waals surface area contributed by atoms with Crippen LogP contribution in [0.3, 0.4) is 0 Å². The lowest BCUT2D eigenvalue weighted by atomic mass is 10.3. The maximum Gasteiger partial charge on any atom is 0.289 e. The van der Waals surface area contributed by atoms with Gasteiger partial charge in [0.1, 0.15) is 0 Å². The number of nitro benzene ring substituents is 1. The van der Waals surface area contributed by atoms with Crippen LogP contribution in [0, 0.1) is 10.1 Å². The molecule has 1 rings (SSSR count). The Morgan fingerprint density at radius 3 is 2.38 bits per heavy atom. The van der Waals surface area contributed by atoms with Crippen molar-refractivity contribution in [1.82, 2.24) is 4.72 Å². The van der Waals surface area contributed by atoms with Crippen LogP contribution in [0.1, 0.15) is 6.92 Å². The van der Waals surface area contributed by atoms with E-state index < -0.39 is 48.3 Å². The molecule has 0 saturated heterocycles. The molecule has 1 N–H and O–H groups in total. The number of nitro groups is 1. The summed E-state index contributed by atoms with van der Waals surface area (Å²) in [4.78, 5) is 9.51. The van der Waals surface area contributed by atoms with Crippen LogP contribution in [0.2, 0.25) is 0 Å². The molecule has 0 bridgehead atoms. The molecule has 21 heavy (non-hydrogen) atoms. The Kier molecular flexibility index (Phi) is 5.39. The average Bonchev–Trinajstić information content (AvgIpc) is 2.35. The molecule has 1 aromatic rings. The fraction of sp³-hybridized carbons (Fsp3) is 0.400. The second-order valence-electron chi connectivity index (χ2n) is 4.24. The Bertz CT molecular complexity index is 728. The first-order valence-electron chi connectivity index (χ1n) is 5.63.